The van der Waals surface area contributed by atoms with E-state index in [1.165, 1.54) is 35.6 Å². The zero-order valence-corrected chi connectivity index (χ0v) is 14.5. The van der Waals surface area contributed by atoms with Crippen molar-refractivity contribution in [2.45, 2.75) is 6.42 Å². The Morgan fingerprint density at radius 1 is 1.21 bits per heavy atom. The minimum absolute atomic E-state index is 0.00916. The van der Waals surface area contributed by atoms with Crippen LogP contribution in [-0.2, 0) is 11.2 Å². The average Bonchev–Trinajstić information content (AvgIpc) is 2.98. The summed E-state index contributed by atoms with van der Waals surface area (Å²) in [6, 6.07) is 10.7. The first-order valence-electron chi connectivity index (χ1n) is 6.87. The van der Waals surface area contributed by atoms with E-state index in [0.717, 1.165) is 0 Å². The Hall–Kier alpha value is -1.95. The molecule has 122 valence electrons. The van der Waals surface area contributed by atoms with E-state index in [1.54, 1.807) is 23.6 Å². The molecule has 0 radical (unpaired) electrons. The number of ether oxygens (including phenoxy) is 1. The van der Waals surface area contributed by atoms with Gasteiger partial charge in [0.15, 0.2) is 0 Å². The quantitative estimate of drug-likeness (QED) is 0.448. The maximum atomic E-state index is 13.3. The Kier molecular flexibility index (Phi) is 5.14. The molecule has 0 spiro atoms. The Morgan fingerprint density at radius 3 is 2.79 bits per heavy atom. The first-order chi connectivity index (χ1) is 11.5. The van der Waals surface area contributed by atoms with Crippen LogP contribution in [0.5, 0.6) is 5.75 Å². The predicted octanol–water partition coefficient (Wildman–Crippen LogP) is 5.40. The molecule has 0 unspecified atom stereocenters. The minimum atomic E-state index is -0.490. The number of benzene rings is 2. The van der Waals surface area contributed by atoms with Gasteiger partial charge in [0, 0.05) is 16.0 Å². The van der Waals surface area contributed by atoms with E-state index in [9.17, 15) is 9.18 Å². The SMILES string of the molecule is O=C(Cc1csc(-c2cccc(F)c2)n1)Oc1ccc(Cl)cc1Cl. The Morgan fingerprint density at radius 2 is 2.04 bits per heavy atom. The normalized spacial score (nSPS) is 10.6. The van der Waals surface area contributed by atoms with E-state index >= 15 is 0 Å². The third kappa shape index (κ3) is 4.12. The van der Waals surface area contributed by atoms with Crippen LogP contribution in [0.2, 0.25) is 10.0 Å². The molecule has 0 aliphatic carbocycles. The fourth-order valence-corrected chi connectivity index (χ4v) is 3.27. The van der Waals surface area contributed by atoms with Crippen LogP contribution in [0.3, 0.4) is 0 Å². The third-order valence-electron chi connectivity index (χ3n) is 3.07. The molecule has 0 aliphatic rings. The standard InChI is InChI=1S/C17H10Cl2FNO2S/c18-11-4-5-15(14(19)7-11)23-16(22)8-13-9-24-17(21-13)10-2-1-3-12(20)6-10/h1-7,9H,8H2. The van der Waals surface area contributed by atoms with Crippen LogP contribution >= 0.6 is 34.5 Å². The number of rotatable bonds is 4. The Balaban J connectivity index is 1.69. The first-order valence-corrected chi connectivity index (χ1v) is 8.51. The summed E-state index contributed by atoms with van der Waals surface area (Å²) in [6.07, 6.45) is -0.00916. The largest absolute Gasteiger partial charge is 0.425 e. The molecule has 3 rings (SSSR count). The van der Waals surface area contributed by atoms with Gasteiger partial charge in [-0.25, -0.2) is 9.37 Å². The van der Waals surface area contributed by atoms with Gasteiger partial charge in [-0.2, -0.15) is 0 Å². The van der Waals surface area contributed by atoms with Gasteiger partial charge < -0.3 is 4.74 Å². The number of carbonyl (C=O) groups excluding carboxylic acids is 1. The minimum Gasteiger partial charge on any atom is -0.425 e. The number of esters is 1. The molecule has 3 nitrogen and oxygen atoms in total. The van der Waals surface area contributed by atoms with Gasteiger partial charge in [0.2, 0.25) is 0 Å². The van der Waals surface area contributed by atoms with Crippen LogP contribution in [0.4, 0.5) is 4.39 Å². The monoisotopic (exact) mass is 381 g/mol. The van der Waals surface area contributed by atoms with Crippen LogP contribution in [0, 0.1) is 5.82 Å². The topological polar surface area (TPSA) is 39.2 Å². The summed E-state index contributed by atoms with van der Waals surface area (Å²) in [5.74, 6) is -0.581. The molecule has 24 heavy (non-hydrogen) atoms. The molecule has 3 aromatic rings. The van der Waals surface area contributed by atoms with Gasteiger partial charge in [0.05, 0.1) is 17.1 Å². The zero-order valence-electron chi connectivity index (χ0n) is 12.1. The van der Waals surface area contributed by atoms with Crippen molar-refractivity contribution in [3.63, 3.8) is 0 Å². The molecule has 0 aliphatic heterocycles. The van der Waals surface area contributed by atoms with Gasteiger partial charge in [-0.1, -0.05) is 35.3 Å². The molecule has 0 bridgehead atoms. The molecule has 1 heterocycles. The fourth-order valence-electron chi connectivity index (χ4n) is 2.01. The van der Waals surface area contributed by atoms with Crippen LogP contribution in [-0.4, -0.2) is 11.0 Å². The predicted molar refractivity (Wildman–Crippen MR) is 93.3 cm³/mol. The summed E-state index contributed by atoms with van der Waals surface area (Å²) in [7, 11) is 0. The molecule has 0 saturated heterocycles. The van der Waals surface area contributed by atoms with Gasteiger partial charge >= 0.3 is 5.97 Å². The lowest BCUT2D eigenvalue weighted by molar-refractivity contribution is -0.133. The lowest BCUT2D eigenvalue weighted by Crippen LogP contribution is -2.11. The summed E-state index contributed by atoms with van der Waals surface area (Å²) in [5.41, 5.74) is 1.22. The van der Waals surface area contributed by atoms with E-state index in [-0.39, 0.29) is 23.0 Å². The number of halogens is 3. The van der Waals surface area contributed by atoms with Crippen molar-refractivity contribution in [1.29, 1.82) is 0 Å². The highest BCUT2D eigenvalue weighted by Gasteiger charge is 2.13. The molecular weight excluding hydrogens is 372 g/mol. The van der Waals surface area contributed by atoms with Crippen molar-refractivity contribution in [2.75, 3.05) is 0 Å². The molecule has 0 fully saturated rings. The van der Waals surface area contributed by atoms with Gasteiger partial charge in [0.1, 0.15) is 16.6 Å². The summed E-state index contributed by atoms with van der Waals surface area (Å²) in [4.78, 5) is 16.3. The van der Waals surface area contributed by atoms with E-state index in [0.29, 0.717) is 21.3 Å². The summed E-state index contributed by atoms with van der Waals surface area (Å²) in [6.45, 7) is 0. The van der Waals surface area contributed by atoms with Crippen molar-refractivity contribution in [2.24, 2.45) is 0 Å². The van der Waals surface area contributed by atoms with E-state index in [4.69, 9.17) is 27.9 Å². The number of thiazole rings is 1. The van der Waals surface area contributed by atoms with Crippen LogP contribution in [0.25, 0.3) is 10.6 Å². The van der Waals surface area contributed by atoms with Gasteiger partial charge in [0.25, 0.3) is 0 Å². The number of aromatic nitrogens is 1. The van der Waals surface area contributed by atoms with Gasteiger partial charge in [-0.3, -0.25) is 4.79 Å². The Bertz CT molecular complexity index is 898. The molecule has 2 aromatic carbocycles. The van der Waals surface area contributed by atoms with Crippen molar-refractivity contribution in [3.05, 3.63) is 69.4 Å². The number of nitrogens with zero attached hydrogens (tertiary/aromatic N) is 1. The summed E-state index contributed by atoms with van der Waals surface area (Å²) >= 11 is 13.1. The molecular formula is C17H10Cl2FNO2S. The average molecular weight is 382 g/mol. The second-order valence-corrected chi connectivity index (χ2v) is 6.58. The molecule has 0 saturated carbocycles. The van der Waals surface area contributed by atoms with Gasteiger partial charge in [-0.15, -0.1) is 11.3 Å². The van der Waals surface area contributed by atoms with E-state index in [1.807, 2.05) is 0 Å². The fraction of sp³-hybridized carbons (Fsp3) is 0.0588. The van der Waals surface area contributed by atoms with Crippen molar-refractivity contribution < 1.29 is 13.9 Å². The number of hydrogen-bond donors (Lipinski definition) is 0. The van der Waals surface area contributed by atoms with Crippen molar-refractivity contribution >= 4 is 40.5 Å². The first kappa shape index (κ1) is 16.9. The Labute approximate surface area is 151 Å². The molecule has 0 N–H and O–H groups in total. The maximum absolute atomic E-state index is 13.3. The van der Waals surface area contributed by atoms with Crippen LogP contribution in [0.15, 0.2) is 47.8 Å². The summed E-state index contributed by atoms with van der Waals surface area (Å²) in [5, 5.41) is 3.10. The highest BCUT2D eigenvalue weighted by molar-refractivity contribution is 7.13. The van der Waals surface area contributed by atoms with E-state index < -0.39 is 5.97 Å². The maximum Gasteiger partial charge on any atom is 0.317 e. The highest BCUT2D eigenvalue weighted by Crippen LogP contribution is 2.28. The second-order valence-electron chi connectivity index (χ2n) is 4.88. The zero-order chi connectivity index (χ0) is 17.1. The molecule has 1 aromatic heterocycles. The lowest BCUT2D eigenvalue weighted by atomic mass is 10.2. The third-order valence-corrected chi connectivity index (χ3v) is 4.54. The highest BCUT2D eigenvalue weighted by atomic mass is 35.5. The number of hydrogen-bond acceptors (Lipinski definition) is 4. The summed E-state index contributed by atoms with van der Waals surface area (Å²) < 4.78 is 18.5. The lowest BCUT2D eigenvalue weighted by Gasteiger charge is -2.05. The number of carbonyl (C=O) groups is 1. The van der Waals surface area contributed by atoms with Gasteiger partial charge in [-0.05, 0) is 30.3 Å². The van der Waals surface area contributed by atoms with E-state index in [2.05, 4.69) is 4.98 Å². The van der Waals surface area contributed by atoms with Crippen LogP contribution in [0.1, 0.15) is 5.69 Å². The van der Waals surface area contributed by atoms with Crippen molar-refractivity contribution in [1.82, 2.24) is 4.98 Å². The molecule has 0 atom stereocenters. The smallest absolute Gasteiger partial charge is 0.317 e. The molecule has 0 amide bonds. The second kappa shape index (κ2) is 7.30. The molecule has 7 heteroatoms. The van der Waals surface area contributed by atoms with Crippen molar-refractivity contribution in [3.8, 4) is 16.3 Å². The van der Waals surface area contributed by atoms with Crippen LogP contribution < -0.4 is 4.74 Å².